The number of carboxylic acid groups (broad SMARTS) is 1. The second-order valence-corrected chi connectivity index (χ2v) is 8.15. The molecule has 0 saturated heterocycles. The van der Waals surface area contributed by atoms with Crippen molar-refractivity contribution in [1.82, 2.24) is 14.5 Å². The van der Waals surface area contributed by atoms with Gasteiger partial charge in [-0.05, 0) is 56.6 Å². The Balaban J connectivity index is 2.08. The van der Waals surface area contributed by atoms with Crippen LogP contribution < -0.4 is 11.1 Å². The van der Waals surface area contributed by atoms with Gasteiger partial charge in [0.05, 0.1) is 22.2 Å². The van der Waals surface area contributed by atoms with Gasteiger partial charge in [-0.25, -0.2) is 9.78 Å². The Morgan fingerprint density at radius 3 is 2.48 bits per heavy atom. The lowest BCUT2D eigenvalue weighted by Crippen LogP contribution is -2.23. The Morgan fingerprint density at radius 1 is 1.12 bits per heavy atom. The molecule has 3 aromatic rings. The maximum absolute atomic E-state index is 13.0. The molecule has 0 saturated carbocycles. The average Bonchev–Trinajstić information content (AvgIpc) is 3.16. The van der Waals surface area contributed by atoms with Gasteiger partial charge < -0.3 is 20.3 Å². The summed E-state index contributed by atoms with van der Waals surface area (Å²) in [5.41, 5.74) is 7.59. The first-order chi connectivity index (χ1) is 15.7. The van der Waals surface area contributed by atoms with E-state index in [-0.39, 0.29) is 23.1 Å². The number of nitrogens with two attached hydrogens (primary N) is 1. The van der Waals surface area contributed by atoms with Crippen molar-refractivity contribution >= 4 is 34.8 Å². The zero-order valence-electron chi connectivity index (χ0n) is 19.0. The molecule has 0 aliphatic heterocycles. The van der Waals surface area contributed by atoms with Gasteiger partial charge in [-0.3, -0.25) is 14.9 Å². The Kier molecular flexibility index (Phi) is 7.44. The summed E-state index contributed by atoms with van der Waals surface area (Å²) in [6.45, 7) is 2.60. The number of nitrogens with zero attached hydrogens (tertiary/aromatic N) is 3. The number of rotatable bonds is 9. The summed E-state index contributed by atoms with van der Waals surface area (Å²) in [6.07, 6.45) is 2.53. The highest BCUT2D eigenvalue weighted by Crippen LogP contribution is 2.30. The zero-order chi connectivity index (χ0) is 24.1. The topological polar surface area (TPSA) is 131 Å². The molecule has 3 rings (SSSR count). The molecule has 0 bridgehead atoms. The van der Waals surface area contributed by atoms with Crippen molar-refractivity contribution in [2.24, 2.45) is 5.73 Å². The molecule has 0 spiro atoms. The molecule has 9 nitrogen and oxygen atoms in total. The van der Waals surface area contributed by atoms with E-state index < -0.39 is 11.9 Å². The van der Waals surface area contributed by atoms with E-state index in [0.29, 0.717) is 29.1 Å². The smallest absolute Gasteiger partial charge is 0.335 e. The molecule has 0 fully saturated rings. The number of carboxylic acids is 1. The first-order valence-electron chi connectivity index (χ1n) is 10.8. The number of anilines is 1. The van der Waals surface area contributed by atoms with Crippen LogP contribution in [0.4, 0.5) is 5.95 Å². The summed E-state index contributed by atoms with van der Waals surface area (Å²) in [5, 5.41) is 12.0. The number of nitrogens with one attached hydrogen (secondary N) is 1. The van der Waals surface area contributed by atoms with Crippen LogP contribution in [0.2, 0.25) is 0 Å². The normalized spacial score (nSPS) is 11.9. The van der Waals surface area contributed by atoms with Crippen molar-refractivity contribution in [3.63, 3.8) is 0 Å². The highest BCUT2D eigenvalue weighted by Gasteiger charge is 2.23. The summed E-state index contributed by atoms with van der Waals surface area (Å²) < 4.78 is 1.88. The van der Waals surface area contributed by atoms with Crippen LogP contribution in [-0.4, -0.2) is 58.0 Å². The van der Waals surface area contributed by atoms with Gasteiger partial charge >= 0.3 is 5.97 Å². The molecular formula is C24H29N5O4. The van der Waals surface area contributed by atoms with E-state index in [4.69, 9.17) is 5.73 Å². The van der Waals surface area contributed by atoms with Gasteiger partial charge in [0.25, 0.3) is 11.8 Å². The largest absolute Gasteiger partial charge is 0.478 e. The quantitative estimate of drug-likeness (QED) is 0.428. The second-order valence-electron chi connectivity index (χ2n) is 8.15. The molecule has 9 heteroatoms. The molecule has 4 N–H and O–H groups in total. The van der Waals surface area contributed by atoms with Gasteiger partial charge in [0.2, 0.25) is 5.95 Å². The van der Waals surface area contributed by atoms with E-state index in [9.17, 15) is 19.5 Å². The number of carbonyl (C=O) groups excluding carboxylic acids is 2. The van der Waals surface area contributed by atoms with Crippen LogP contribution in [0.3, 0.4) is 0 Å². The van der Waals surface area contributed by atoms with Gasteiger partial charge in [0.15, 0.2) is 0 Å². The lowest BCUT2D eigenvalue weighted by molar-refractivity contribution is 0.0696. The van der Waals surface area contributed by atoms with Crippen LogP contribution in [0, 0.1) is 0 Å². The third-order valence-corrected chi connectivity index (χ3v) is 5.46. The third-order valence-electron chi connectivity index (χ3n) is 5.46. The van der Waals surface area contributed by atoms with Crippen molar-refractivity contribution in [2.45, 2.75) is 32.2 Å². The summed E-state index contributed by atoms with van der Waals surface area (Å²) in [4.78, 5) is 43.2. The Morgan fingerprint density at radius 2 is 1.82 bits per heavy atom. The van der Waals surface area contributed by atoms with Crippen LogP contribution >= 0.6 is 0 Å². The molecule has 1 atom stereocenters. The maximum Gasteiger partial charge on any atom is 0.335 e. The summed E-state index contributed by atoms with van der Waals surface area (Å²) >= 11 is 0. The predicted molar refractivity (Wildman–Crippen MR) is 127 cm³/mol. The molecule has 1 heterocycles. The fourth-order valence-corrected chi connectivity index (χ4v) is 3.76. The molecular weight excluding hydrogens is 422 g/mol. The Labute approximate surface area is 192 Å². The number of amides is 2. The molecule has 0 aliphatic rings. The number of hydrogen-bond acceptors (Lipinski definition) is 5. The highest BCUT2D eigenvalue weighted by atomic mass is 16.4. The molecule has 2 aromatic carbocycles. The number of carbonyl (C=O) groups is 3. The molecule has 1 aromatic heterocycles. The van der Waals surface area contributed by atoms with Gasteiger partial charge in [0, 0.05) is 25.7 Å². The number of para-hydroxylation sites is 1. The van der Waals surface area contributed by atoms with Crippen LogP contribution in [0.15, 0.2) is 42.5 Å². The summed E-state index contributed by atoms with van der Waals surface area (Å²) in [6, 6.07) is 11.0. The monoisotopic (exact) mass is 451 g/mol. The van der Waals surface area contributed by atoms with Crippen molar-refractivity contribution in [2.75, 3.05) is 26.0 Å². The summed E-state index contributed by atoms with van der Waals surface area (Å²) in [7, 11) is 3.37. The van der Waals surface area contributed by atoms with E-state index in [1.807, 2.05) is 11.5 Å². The van der Waals surface area contributed by atoms with Crippen molar-refractivity contribution in [1.29, 1.82) is 0 Å². The second kappa shape index (κ2) is 10.3. The lowest BCUT2D eigenvalue weighted by Gasteiger charge is -2.20. The molecule has 0 radical (unpaired) electrons. The van der Waals surface area contributed by atoms with Crippen molar-refractivity contribution < 1.29 is 19.5 Å². The number of aromatic carboxylic acids is 1. The van der Waals surface area contributed by atoms with Gasteiger partial charge in [-0.15, -0.1) is 0 Å². The number of benzene rings is 2. The number of hydrogen-bond donors (Lipinski definition) is 3. The minimum absolute atomic E-state index is 0.0187. The summed E-state index contributed by atoms with van der Waals surface area (Å²) in [5.74, 6) is -1.46. The zero-order valence-corrected chi connectivity index (χ0v) is 19.0. The molecule has 1 unspecified atom stereocenters. The number of fused-ring (bicyclic) bond motifs is 1. The van der Waals surface area contributed by atoms with Gasteiger partial charge in [-0.1, -0.05) is 18.6 Å². The predicted octanol–water partition coefficient (Wildman–Crippen LogP) is 3.38. The number of aromatic nitrogens is 2. The van der Waals surface area contributed by atoms with Crippen LogP contribution in [0.1, 0.15) is 63.3 Å². The number of unbranched alkanes of at least 4 members (excludes halogenated alkanes) is 1. The standard InChI is InChI=1S/C24H29N5O4/c1-15(8-4-5-13-25)29-20-18(22(31)28(2)3)11-7-12-19(20)26-24(29)27-21(30)16-9-6-10-17(14-16)23(32)33/h6-7,9-12,14-15H,4-5,8,13,25H2,1-3H3,(H,32,33)(H,26,27,30). The Hall–Kier alpha value is -3.72. The lowest BCUT2D eigenvalue weighted by atomic mass is 10.1. The first kappa shape index (κ1) is 23.9. The van der Waals surface area contributed by atoms with Crippen molar-refractivity contribution in [3.05, 3.63) is 59.2 Å². The maximum atomic E-state index is 13.0. The first-order valence-corrected chi connectivity index (χ1v) is 10.8. The van der Waals surface area contributed by atoms with E-state index >= 15 is 0 Å². The Bertz CT molecular complexity index is 1180. The van der Waals surface area contributed by atoms with Crippen LogP contribution in [0.5, 0.6) is 0 Å². The third kappa shape index (κ3) is 5.20. The van der Waals surface area contributed by atoms with E-state index in [2.05, 4.69) is 10.3 Å². The average molecular weight is 452 g/mol. The van der Waals surface area contributed by atoms with Crippen molar-refractivity contribution in [3.8, 4) is 0 Å². The van der Waals surface area contributed by atoms with Gasteiger partial charge in [0.1, 0.15) is 0 Å². The SMILES string of the molecule is CC(CCCCN)n1c(NC(=O)c2cccc(C(=O)O)c2)nc2cccc(C(=O)N(C)C)c21. The fourth-order valence-electron chi connectivity index (χ4n) is 3.76. The highest BCUT2D eigenvalue weighted by molar-refractivity contribution is 6.08. The van der Waals surface area contributed by atoms with E-state index in [0.717, 1.165) is 19.3 Å². The van der Waals surface area contributed by atoms with Crippen LogP contribution in [0.25, 0.3) is 11.0 Å². The minimum Gasteiger partial charge on any atom is -0.478 e. The van der Waals surface area contributed by atoms with E-state index in [1.165, 1.54) is 23.1 Å². The van der Waals surface area contributed by atoms with E-state index in [1.54, 1.807) is 38.4 Å². The number of imidazole rings is 1. The molecule has 174 valence electrons. The minimum atomic E-state index is -1.11. The molecule has 0 aliphatic carbocycles. The van der Waals surface area contributed by atoms with Crippen LogP contribution in [-0.2, 0) is 0 Å². The fraction of sp³-hybridized carbons (Fsp3) is 0.333. The van der Waals surface area contributed by atoms with Gasteiger partial charge in [-0.2, -0.15) is 0 Å². The molecule has 2 amide bonds. The molecule has 33 heavy (non-hydrogen) atoms.